The van der Waals surface area contributed by atoms with Crippen LogP contribution in [-0.2, 0) is 0 Å². The van der Waals surface area contributed by atoms with Crippen LogP contribution < -0.4 is 10.1 Å². The van der Waals surface area contributed by atoms with Gasteiger partial charge in [0.1, 0.15) is 5.70 Å². The van der Waals surface area contributed by atoms with Crippen LogP contribution in [0.5, 0.6) is 0 Å². The smallest absolute Gasteiger partial charge is 0.213 e. The molecule has 1 aliphatic heterocycles. The molecule has 0 saturated carbocycles. The van der Waals surface area contributed by atoms with E-state index in [-0.39, 0.29) is 17.1 Å². The molecule has 112 valence electrons. The summed E-state index contributed by atoms with van der Waals surface area (Å²) in [4.78, 5) is 12.6. The van der Waals surface area contributed by atoms with Crippen molar-refractivity contribution in [1.29, 1.82) is 0 Å². The van der Waals surface area contributed by atoms with Crippen LogP contribution in [0.15, 0.2) is 59.9 Å². The number of hydrogen-bond donors (Lipinski definition) is 2. The number of carbonyl (C=O) groups excluding carboxylic acids is 1. The molecule has 6 heteroatoms. The molecule has 2 aromatic rings. The molecule has 0 radical (unpaired) electrons. The van der Waals surface area contributed by atoms with Gasteiger partial charge in [0.15, 0.2) is 0 Å². The summed E-state index contributed by atoms with van der Waals surface area (Å²) >= 11 is 5.93. The molecule has 0 amide bonds. The van der Waals surface area contributed by atoms with Crippen LogP contribution in [-0.4, -0.2) is 16.2 Å². The third kappa shape index (κ3) is 2.25. The van der Waals surface area contributed by atoms with Gasteiger partial charge in [-0.2, -0.15) is 0 Å². The van der Waals surface area contributed by atoms with Gasteiger partial charge in [-0.25, -0.2) is 10.1 Å². The first-order valence-electron chi connectivity index (χ1n) is 6.59. The van der Waals surface area contributed by atoms with Crippen molar-refractivity contribution < 1.29 is 15.2 Å². The van der Waals surface area contributed by atoms with Crippen molar-refractivity contribution in [2.45, 2.75) is 6.92 Å². The second kappa shape index (κ2) is 5.46. The zero-order valence-electron chi connectivity index (χ0n) is 11.7. The fourth-order valence-corrected chi connectivity index (χ4v) is 2.55. The molecule has 1 aliphatic rings. The SMILES string of the molecule is CC1=C(C(=O)c2ccccc2)N(O)c2cc(Cl)ccc2N1O. The summed E-state index contributed by atoms with van der Waals surface area (Å²) < 4.78 is 0. The van der Waals surface area contributed by atoms with Gasteiger partial charge >= 0.3 is 0 Å². The summed E-state index contributed by atoms with van der Waals surface area (Å²) in [7, 11) is 0. The van der Waals surface area contributed by atoms with E-state index in [9.17, 15) is 15.2 Å². The van der Waals surface area contributed by atoms with E-state index in [4.69, 9.17) is 11.6 Å². The van der Waals surface area contributed by atoms with E-state index >= 15 is 0 Å². The molecule has 0 aromatic heterocycles. The minimum absolute atomic E-state index is 0.0246. The van der Waals surface area contributed by atoms with Gasteiger partial charge in [0, 0.05) is 10.6 Å². The highest BCUT2D eigenvalue weighted by Crippen LogP contribution is 2.39. The minimum atomic E-state index is -0.398. The number of ketones is 1. The largest absolute Gasteiger partial charge is 0.287 e. The van der Waals surface area contributed by atoms with Crippen LogP contribution in [0, 0.1) is 0 Å². The standard InChI is InChI=1S/C16H13ClN2O3/c1-10-15(16(20)11-5-3-2-4-6-11)19(22)14-9-12(17)7-8-13(14)18(10)21/h2-9,21-22H,1H3. The molecule has 1 heterocycles. The number of anilines is 2. The van der Waals surface area contributed by atoms with Gasteiger partial charge in [-0.3, -0.25) is 15.2 Å². The number of rotatable bonds is 2. The summed E-state index contributed by atoms with van der Waals surface area (Å²) in [5.41, 5.74) is 1.19. The number of nitrogens with zero attached hydrogens (tertiary/aromatic N) is 2. The van der Waals surface area contributed by atoms with Gasteiger partial charge in [0.25, 0.3) is 0 Å². The lowest BCUT2D eigenvalue weighted by molar-refractivity contribution is 0.100. The molecule has 0 bridgehead atoms. The second-order valence-electron chi connectivity index (χ2n) is 4.89. The fourth-order valence-electron chi connectivity index (χ4n) is 2.39. The molecule has 2 N–H and O–H groups in total. The first kappa shape index (κ1) is 14.6. The molecule has 22 heavy (non-hydrogen) atoms. The van der Waals surface area contributed by atoms with Gasteiger partial charge in [0.05, 0.1) is 17.1 Å². The quantitative estimate of drug-likeness (QED) is 0.824. The number of carbonyl (C=O) groups is 1. The van der Waals surface area contributed by atoms with Crippen molar-refractivity contribution in [3.05, 3.63) is 70.5 Å². The highest BCUT2D eigenvalue weighted by Gasteiger charge is 2.32. The van der Waals surface area contributed by atoms with Gasteiger partial charge in [-0.15, -0.1) is 0 Å². The Hall–Kier alpha value is -2.34. The minimum Gasteiger partial charge on any atom is -0.287 e. The Bertz CT molecular complexity index is 774. The average molecular weight is 317 g/mol. The summed E-state index contributed by atoms with van der Waals surface area (Å²) in [5, 5.41) is 22.7. The van der Waals surface area contributed by atoms with E-state index in [0.29, 0.717) is 16.3 Å². The van der Waals surface area contributed by atoms with Gasteiger partial charge < -0.3 is 0 Å². The normalized spacial score (nSPS) is 14.2. The lowest BCUT2D eigenvalue weighted by Gasteiger charge is -2.33. The Morgan fingerprint density at radius 3 is 2.36 bits per heavy atom. The van der Waals surface area contributed by atoms with Crippen molar-refractivity contribution >= 4 is 28.8 Å². The lowest BCUT2D eigenvalue weighted by atomic mass is 10.0. The van der Waals surface area contributed by atoms with Crippen molar-refractivity contribution in [3.63, 3.8) is 0 Å². The Morgan fingerprint density at radius 1 is 1.00 bits per heavy atom. The Balaban J connectivity index is 2.12. The lowest BCUT2D eigenvalue weighted by Crippen LogP contribution is -2.35. The summed E-state index contributed by atoms with van der Waals surface area (Å²) in [5.74, 6) is -0.398. The molecular formula is C16H13ClN2O3. The summed E-state index contributed by atoms with van der Waals surface area (Å²) in [6.07, 6.45) is 0. The maximum Gasteiger partial charge on any atom is 0.213 e. The van der Waals surface area contributed by atoms with Gasteiger partial charge in [-0.1, -0.05) is 41.9 Å². The Morgan fingerprint density at radius 2 is 1.68 bits per heavy atom. The number of fused-ring (bicyclic) bond motifs is 1. The second-order valence-corrected chi connectivity index (χ2v) is 5.32. The van der Waals surface area contributed by atoms with Crippen LogP contribution >= 0.6 is 11.6 Å². The Labute approximate surface area is 132 Å². The monoisotopic (exact) mass is 316 g/mol. The van der Waals surface area contributed by atoms with Crippen molar-refractivity contribution in [2.75, 3.05) is 10.1 Å². The summed E-state index contributed by atoms with van der Waals surface area (Å²) in [6.45, 7) is 1.55. The number of Topliss-reactive ketones (excluding diaryl/α,β-unsaturated/α-hetero) is 1. The van der Waals surface area contributed by atoms with E-state index in [0.717, 1.165) is 10.1 Å². The number of hydroxylamine groups is 2. The molecule has 2 aromatic carbocycles. The highest BCUT2D eigenvalue weighted by molar-refractivity contribution is 6.31. The van der Waals surface area contributed by atoms with Crippen LogP contribution in [0.2, 0.25) is 5.02 Å². The Kier molecular flexibility index (Phi) is 3.62. The molecular weight excluding hydrogens is 304 g/mol. The van der Waals surface area contributed by atoms with E-state index in [1.807, 2.05) is 0 Å². The first-order chi connectivity index (χ1) is 10.5. The van der Waals surface area contributed by atoms with Crippen molar-refractivity contribution in [1.82, 2.24) is 0 Å². The molecule has 0 spiro atoms. The fraction of sp³-hybridized carbons (Fsp3) is 0.0625. The van der Waals surface area contributed by atoms with E-state index < -0.39 is 5.78 Å². The molecule has 0 fully saturated rings. The number of halogens is 1. The third-order valence-electron chi connectivity index (χ3n) is 3.52. The maximum absolute atomic E-state index is 12.6. The zero-order chi connectivity index (χ0) is 15.9. The molecule has 0 saturated heterocycles. The van der Waals surface area contributed by atoms with E-state index in [2.05, 4.69) is 0 Å². The topological polar surface area (TPSA) is 64.0 Å². The van der Waals surface area contributed by atoms with Gasteiger partial charge in [-0.05, 0) is 25.1 Å². The maximum atomic E-state index is 12.6. The molecule has 5 nitrogen and oxygen atoms in total. The van der Waals surface area contributed by atoms with E-state index in [1.165, 1.54) is 6.07 Å². The number of hydrogen-bond acceptors (Lipinski definition) is 5. The highest BCUT2D eigenvalue weighted by atomic mass is 35.5. The third-order valence-corrected chi connectivity index (χ3v) is 3.75. The number of allylic oxidation sites excluding steroid dienone is 2. The summed E-state index contributed by atoms with van der Waals surface area (Å²) in [6, 6.07) is 13.2. The average Bonchev–Trinajstić information content (AvgIpc) is 2.53. The van der Waals surface area contributed by atoms with Crippen LogP contribution in [0.4, 0.5) is 11.4 Å². The predicted molar refractivity (Wildman–Crippen MR) is 83.5 cm³/mol. The first-order valence-corrected chi connectivity index (χ1v) is 6.96. The zero-order valence-corrected chi connectivity index (χ0v) is 12.4. The number of benzene rings is 2. The molecule has 0 unspecified atom stereocenters. The van der Waals surface area contributed by atoms with Crippen molar-refractivity contribution in [2.24, 2.45) is 0 Å². The van der Waals surface area contributed by atoms with Crippen molar-refractivity contribution in [3.8, 4) is 0 Å². The predicted octanol–water partition coefficient (Wildman–Crippen LogP) is 3.86. The van der Waals surface area contributed by atoms with Crippen LogP contribution in [0.1, 0.15) is 17.3 Å². The molecule has 0 aliphatic carbocycles. The van der Waals surface area contributed by atoms with Crippen LogP contribution in [0.3, 0.4) is 0 Å². The van der Waals surface area contributed by atoms with Crippen LogP contribution in [0.25, 0.3) is 0 Å². The molecule has 0 atom stereocenters. The van der Waals surface area contributed by atoms with E-state index in [1.54, 1.807) is 49.4 Å². The van der Waals surface area contributed by atoms with Gasteiger partial charge in [0.2, 0.25) is 5.78 Å². The molecule has 3 rings (SSSR count).